The third-order valence-corrected chi connectivity index (χ3v) is 5.02. The molecule has 0 aromatic rings. The lowest BCUT2D eigenvalue weighted by atomic mass is 9.84. The molecule has 0 aromatic heterocycles. The van der Waals surface area contributed by atoms with E-state index in [4.69, 9.17) is 4.74 Å². The SMILES string of the molecule is CC(C)(C)OC(=O)N1CCN(C(CO)CC2CCCCC2)CC1. The van der Waals surface area contributed by atoms with Crippen molar-refractivity contribution in [2.45, 2.75) is 70.9 Å². The lowest BCUT2D eigenvalue weighted by Gasteiger charge is -2.40. The topological polar surface area (TPSA) is 53.0 Å². The molecule has 2 fully saturated rings. The van der Waals surface area contributed by atoms with Gasteiger partial charge < -0.3 is 14.7 Å². The van der Waals surface area contributed by atoms with Crippen LogP contribution in [0.1, 0.15) is 59.3 Å². The summed E-state index contributed by atoms with van der Waals surface area (Å²) in [4.78, 5) is 16.3. The Hall–Kier alpha value is -0.810. The largest absolute Gasteiger partial charge is 0.444 e. The third-order valence-electron chi connectivity index (χ3n) is 5.02. The Morgan fingerprint density at radius 1 is 1.13 bits per heavy atom. The lowest BCUT2D eigenvalue weighted by molar-refractivity contribution is 0.00396. The Morgan fingerprint density at radius 2 is 1.74 bits per heavy atom. The van der Waals surface area contributed by atoms with Crippen LogP contribution < -0.4 is 0 Å². The molecule has 5 heteroatoms. The summed E-state index contributed by atoms with van der Waals surface area (Å²) in [6.07, 6.45) is 7.57. The summed E-state index contributed by atoms with van der Waals surface area (Å²) in [6, 6.07) is 0.249. The summed E-state index contributed by atoms with van der Waals surface area (Å²) in [7, 11) is 0. The van der Waals surface area contributed by atoms with Crippen molar-refractivity contribution < 1.29 is 14.6 Å². The van der Waals surface area contributed by atoms with Gasteiger partial charge in [0.25, 0.3) is 0 Å². The number of amides is 1. The molecule has 0 aromatic carbocycles. The van der Waals surface area contributed by atoms with Crippen LogP contribution in [0.5, 0.6) is 0 Å². The van der Waals surface area contributed by atoms with Crippen molar-refractivity contribution in [2.75, 3.05) is 32.8 Å². The van der Waals surface area contributed by atoms with Gasteiger partial charge in [0.1, 0.15) is 5.60 Å². The molecule has 23 heavy (non-hydrogen) atoms. The van der Waals surface area contributed by atoms with Gasteiger partial charge in [0.15, 0.2) is 0 Å². The van der Waals surface area contributed by atoms with Gasteiger partial charge in [0, 0.05) is 32.2 Å². The zero-order valence-electron chi connectivity index (χ0n) is 15.1. The molecule has 1 saturated carbocycles. The highest BCUT2D eigenvalue weighted by Gasteiger charge is 2.30. The smallest absolute Gasteiger partial charge is 0.410 e. The molecular weight excluding hydrogens is 292 g/mol. The van der Waals surface area contributed by atoms with E-state index in [1.807, 2.05) is 20.8 Å². The molecule has 0 radical (unpaired) electrons. The molecular formula is C18H34N2O3. The van der Waals surface area contributed by atoms with Crippen molar-refractivity contribution in [2.24, 2.45) is 5.92 Å². The van der Waals surface area contributed by atoms with Gasteiger partial charge in [-0.3, -0.25) is 4.90 Å². The first-order valence-corrected chi connectivity index (χ1v) is 9.22. The Balaban J connectivity index is 1.78. The van der Waals surface area contributed by atoms with Crippen LogP contribution in [-0.4, -0.2) is 65.4 Å². The first kappa shape index (κ1) is 18.5. The molecule has 0 bridgehead atoms. The van der Waals surface area contributed by atoms with E-state index in [1.165, 1.54) is 32.1 Å². The minimum absolute atomic E-state index is 0.218. The van der Waals surface area contributed by atoms with Crippen LogP contribution in [0.3, 0.4) is 0 Å². The second-order valence-corrected chi connectivity index (χ2v) is 8.08. The average molecular weight is 326 g/mol. The molecule has 1 unspecified atom stereocenters. The number of rotatable bonds is 4. The minimum atomic E-state index is -0.442. The molecule has 0 spiro atoms. The van der Waals surface area contributed by atoms with E-state index in [-0.39, 0.29) is 18.7 Å². The van der Waals surface area contributed by atoms with E-state index < -0.39 is 5.60 Å². The van der Waals surface area contributed by atoms with E-state index in [0.29, 0.717) is 13.1 Å². The molecule has 1 saturated heterocycles. The Bertz CT molecular complexity index is 367. The third kappa shape index (κ3) is 5.96. The second kappa shape index (κ2) is 8.34. The molecule has 1 atom stereocenters. The summed E-state index contributed by atoms with van der Waals surface area (Å²) < 4.78 is 5.44. The number of nitrogens with zero attached hydrogens (tertiary/aromatic N) is 2. The van der Waals surface area contributed by atoms with Gasteiger partial charge >= 0.3 is 6.09 Å². The number of aliphatic hydroxyl groups excluding tert-OH is 1. The first-order chi connectivity index (χ1) is 10.9. The summed E-state index contributed by atoms with van der Waals surface area (Å²) in [6.45, 7) is 8.96. The zero-order valence-corrected chi connectivity index (χ0v) is 15.1. The van der Waals surface area contributed by atoms with Crippen LogP contribution in [0, 0.1) is 5.92 Å². The quantitative estimate of drug-likeness (QED) is 0.863. The molecule has 2 aliphatic rings. The molecule has 1 aliphatic heterocycles. The van der Waals surface area contributed by atoms with E-state index in [2.05, 4.69) is 4.90 Å². The van der Waals surface area contributed by atoms with Crippen LogP contribution in [0.2, 0.25) is 0 Å². The van der Waals surface area contributed by atoms with E-state index in [9.17, 15) is 9.90 Å². The highest BCUT2D eigenvalue weighted by Crippen LogP contribution is 2.28. The number of aliphatic hydroxyl groups is 1. The lowest BCUT2D eigenvalue weighted by Crippen LogP contribution is -2.54. The maximum Gasteiger partial charge on any atom is 0.410 e. The fraction of sp³-hybridized carbons (Fsp3) is 0.944. The Kier molecular flexibility index (Phi) is 6.72. The van der Waals surface area contributed by atoms with Crippen LogP contribution in [0.4, 0.5) is 4.79 Å². The average Bonchev–Trinajstić information content (AvgIpc) is 2.52. The summed E-state index contributed by atoms with van der Waals surface area (Å²) >= 11 is 0. The van der Waals surface area contributed by atoms with E-state index in [1.54, 1.807) is 4.90 Å². The molecule has 1 amide bonds. The molecule has 1 heterocycles. The van der Waals surface area contributed by atoms with Crippen LogP contribution in [-0.2, 0) is 4.74 Å². The zero-order chi connectivity index (χ0) is 16.9. The predicted octanol–water partition coefficient (Wildman–Crippen LogP) is 2.87. The minimum Gasteiger partial charge on any atom is -0.444 e. The van der Waals surface area contributed by atoms with Crippen molar-refractivity contribution in [3.8, 4) is 0 Å². The molecule has 5 nitrogen and oxygen atoms in total. The summed E-state index contributed by atoms with van der Waals surface area (Å²) in [5.74, 6) is 0.768. The van der Waals surface area contributed by atoms with Gasteiger partial charge in [-0.25, -0.2) is 4.79 Å². The maximum atomic E-state index is 12.1. The van der Waals surface area contributed by atoms with Crippen molar-refractivity contribution in [3.05, 3.63) is 0 Å². The van der Waals surface area contributed by atoms with Gasteiger partial charge in [-0.15, -0.1) is 0 Å². The number of piperazine rings is 1. The number of carbonyl (C=O) groups is 1. The van der Waals surface area contributed by atoms with Crippen molar-refractivity contribution in [1.29, 1.82) is 0 Å². The van der Waals surface area contributed by atoms with Gasteiger partial charge in [-0.2, -0.15) is 0 Å². The van der Waals surface area contributed by atoms with E-state index in [0.717, 1.165) is 25.4 Å². The van der Waals surface area contributed by atoms with Crippen LogP contribution in [0.15, 0.2) is 0 Å². The normalized spacial score (nSPS) is 22.9. The highest BCUT2D eigenvalue weighted by molar-refractivity contribution is 5.68. The number of ether oxygens (including phenoxy) is 1. The molecule has 134 valence electrons. The van der Waals surface area contributed by atoms with Crippen molar-refractivity contribution in [3.63, 3.8) is 0 Å². The fourth-order valence-corrected chi connectivity index (χ4v) is 3.74. The molecule has 1 aliphatic carbocycles. The van der Waals surface area contributed by atoms with Crippen molar-refractivity contribution in [1.82, 2.24) is 9.80 Å². The maximum absolute atomic E-state index is 12.1. The van der Waals surface area contributed by atoms with Gasteiger partial charge in [-0.1, -0.05) is 32.1 Å². The second-order valence-electron chi connectivity index (χ2n) is 8.08. The molecule has 2 rings (SSSR count). The van der Waals surface area contributed by atoms with E-state index >= 15 is 0 Å². The predicted molar refractivity (Wildman–Crippen MR) is 91.4 cm³/mol. The fourth-order valence-electron chi connectivity index (χ4n) is 3.74. The van der Waals surface area contributed by atoms with Gasteiger partial charge in [0.2, 0.25) is 0 Å². The van der Waals surface area contributed by atoms with Crippen molar-refractivity contribution >= 4 is 6.09 Å². The van der Waals surface area contributed by atoms with Gasteiger partial charge in [-0.05, 0) is 33.1 Å². The number of carbonyl (C=O) groups excluding carboxylic acids is 1. The highest BCUT2D eigenvalue weighted by atomic mass is 16.6. The summed E-state index contributed by atoms with van der Waals surface area (Å²) in [5.41, 5.74) is -0.442. The Labute approximate surface area is 141 Å². The summed E-state index contributed by atoms with van der Waals surface area (Å²) in [5, 5.41) is 9.79. The number of hydrogen-bond acceptors (Lipinski definition) is 4. The standard InChI is InChI=1S/C18H34N2O3/c1-18(2,3)23-17(22)20-11-9-19(10-12-20)16(14-21)13-15-7-5-4-6-8-15/h15-16,21H,4-14H2,1-3H3. The van der Waals surface area contributed by atoms with Crippen LogP contribution in [0.25, 0.3) is 0 Å². The first-order valence-electron chi connectivity index (χ1n) is 9.22. The Morgan fingerprint density at radius 3 is 2.26 bits per heavy atom. The number of hydrogen-bond donors (Lipinski definition) is 1. The van der Waals surface area contributed by atoms with Crippen LogP contribution >= 0.6 is 0 Å². The van der Waals surface area contributed by atoms with Gasteiger partial charge in [0.05, 0.1) is 6.61 Å². The molecule has 1 N–H and O–H groups in total. The monoisotopic (exact) mass is 326 g/mol.